The molecular weight excluding hydrogens is 1840 g/mol. The second kappa shape index (κ2) is 42.4. The van der Waals surface area contributed by atoms with Crippen molar-refractivity contribution in [1.82, 2.24) is 63.0 Å². The van der Waals surface area contributed by atoms with Crippen LogP contribution >= 0.6 is 66.4 Å². The van der Waals surface area contributed by atoms with Crippen molar-refractivity contribution in [3.05, 3.63) is 126 Å². The summed E-state index contributed by atoms with van der Waals surface area (Å²) in [6.07, 6.45) is -14.1. The van der Waals surface area contributed by atoms with Crippen molar-refractivity contribution in [3.63, 3.8) is 0 Å². The molecule has 6 aromatic rings. The van der Waals surface area contributed by atoms with E-state index in [9.17, 15) is 52.9 Å². The minimum atomic E-state index is -4.73. The molecule has 6 unspecified atom stereocenters. The number of fused-ring (bicyclic) bond motifs is 1. The minimum absolute atomic E-state index is 0.0180. The van der Waals surface area contributed by atoms with Gasteiger partial charge in [-0.15, -0.1) is 0 Å². The number of halogens is 1. The molecule has 47 nitrogen and oxygen atoms in total. The van der Waals surface area contributed by atoms with Gasteiger partial charge in [-0.3, -0.25) is 70.5 Å². The molecule has 11 heterocycles. The van der Waals surface area contributed by atoms with Gasteiger partial charge in [0.15, 0.2) is 23.6 Å². The van der Waals surface area contributed by atoms with Gasteiger partial charge in [0.05, 0.1) is 108 Å². The van der Waals surface area contributed by atoms with Crippen LogP contribution in [0.25, 0.3) is 11.2 Å². The highest BCUT2D eigenvalue weighted by atomic mass is 79.9. The van der Waals surface area contributed by atoms with Gasteiger partial charge in [-0.1, -0.05) is 38.3 Å². The normalized spacial score (nSPS) is 27.8. The van der Waals surface area contributed by atoms with Crippen molar-refractivity contribution in [2.45, 2.75) is 145 Å². The first kappa shape index (κ1) is 95.5. The molecule has 57 heteroatoms. The molecule has 11 rings (SSSR count). The number of nitrogens with two attached hydrogens (primary N) is 4. The molecule has 0 bridgehead atoms. The number of aliphatic hydroxyl groups excluding tert-OH is 1. The predicted octanol–water partition coefficient (Wildman–Crippen LogP) is 0.275. The maximum Gasteiger partial charge on any atom is 0.386 e. The van der Waals surface area contributed by atoms with E-state index in [0.717, 1.165) is 19.9 Å². The number of amides is 1. The number of aliphatic hydroxyl groups is 1. The molecule has 21 atom stereocenters. The largest absolute Gasteiger partial charge is 0.394 e. The molecule has 0 aromatic carbocycles. The molecule has 6 aromatic heterocycles. The summed E-state index contributed by atoms with van der Waals surface area (Å²) in [5, 5.41) is 13.2. The Balaban J connectivity index is 0.820. The summed E-state index contributed by atoms with van der Waals surface area (Å²) >= 11 is 30.1. The second-order valence-corrected chi connectivity index (χ2v) is 42.4. The first-order valence-corrected chi connectivity index (χ1v) is 49.4. The fraction of sp³-hybridized carbons (Fsp3) is 0.651. The Bertz CT molecular complexity index is 5210. The Morgan fingerprint density at radius 1 is 0.633 bits per heavy atom. The number of aryl methyl sites for hydroxylation is 1. The average molecular weight is 1930 g/mol. The Kier molecular flexibility index (Phi) is 33.7. The van der Waals surface area contributed by atoms with E-state index in [-0.39, 0.29) is 129 Å². The topological polar surface area (TPSA) is 609 Å². The van der Waals surface area contributed by atoms with Crippen LogP contribution in [0, 0.1) is 18.8 Å². The molecule has 5 aliphatic rings. The van der Waals surface area contributed by atoms with Crippen LogP contribution in [0.1, 0.15) is 76.2 Å². The zero-order valence-corrected chi connectivity index (χ0v) is 74.0. The maximum absolute atomic E-state index is 14.4. The van der Waals surface area contributed by atoms with Gasteiger partial charge in [-0.2, -0.15) is 15.0 Å². The van der Waals surface area contributed by atoms with E-state index >= 15 is 0 Å². The smallest absolute Gasteiger partial charge is 0.386 e. The number of nitrogen functional groups attached to an aromatic ring is 3. The Morgan fingerprint density at radius 2 is 1.20 bits per heavy atom. The van der Waals surface area contributed by atoms with E-state index in [0.29, 0.717) is 19.6 Å². The van der Waals surface area contributed by atoms with Crippen LogP contribution in [0.3, 0.4) is 0 Å². The molecule has 120 heavy (non-hydrogen) atoms. The number of aromatic amines is 3. The summed E-state index contributed by atoms with van der Waals surface area (Å²) in [5.41, 5.74) is 13.6. The molecule has 666 valence electrons. The van der Waals surface area contributed by atoms with Crippen LogP contribution in [0.15, 0.2) is 81.3 Å². The van der Waals surface area contributed by atoms with Gasteiger partial charge in [-0.05, 0) is 88.7 Å². The van der Waals surface area contributed by atoms with Gasteiger partial charge < -0.3 is 113 Å². The first-order valence-electron chi connectivity index (χ1n) is 36.9. The van der Waals surface area contributed by atoms with Crippen LogP contribution in [0.5, 0.6) is 0 Å². The number of H-pyrrole nitrogens is 3. The number of hydrogen-bond donors (Lipinski definition) is 12. The van der Waals surface area contributed by atoms with Crippen molar-refractivity contribution >= 4 is 136 Å². The summed E-state index contributed by atoms with van der Waals surface area (Å²) in [6.45, 7) is -9.93. The Labute approximate surface area is 714 Å². The number of nitrogens with one attached hydrogen (secondary N) is 4. The number of hydrogen-bond acceptors (Lipinski definition) is 40. The minimum Gasteiger partial charge on any atom is -0.394 e. The number of nitrogens with zero attached hydrogens (tertiary/aromatic N) is 9. The van der Waals surface area contributed by atoms with Gasteiger partial charge in [-0.25, -0.2) is 28.7 Å². The van der Waals surface area contributed by atoms with Gasteiger partial charge >= 0.3 is 43.0 Å². The third-order valence-electron chi connectivity index (χ3n) is 19.3. The van der Waals surface area contributed by atoms with Gasteiger partial charge in [0.1, 0.15) is 79.2 Å². The molecule has 5 saturated heterocycles. The number of ether oxygens (including phenoxy) is 10. The predicted molar refractivity (Wildman–Crippen MR) is 443 cm³/mol. The van der Waals surface area contributed by atoms with E-state index in [2.05, 4.69) is 68.4 Å². The Hall–Kier alpha value is -5.18. The average Bonchev–Trinajstić information content (AvgIpc) is 1.65. The SMILES string of the molecule is COC1[C@@H](OP(O)(=S)OC[C@H]2O[C@@H](n3cnc4c(=O)[nH]c(N)nc43)C[C@H]2OP(=S)(S)OC[C@H]2O[C@@H](n3cc(C)c(=O)[nH]c3=O)C[C@H]2OP(=S)(OCCOCCOCCNC(=O)CCOCCN)OC[C@H]2O[C@@H](n3ccc(N)nc3=O)C[C@H]2C(C)C)[C@@H](COP(=O)(S)O[C@@H]2C(OC)[C@H](n3cc(Br)c(=O)[nH]c3=O)O[C@@H]2CO)O[C@H]1n1ccc(N)nc1=O. The molecule has 0 spiro atoms. The maximum atomic E-state index is 14.4. The third-order valence-corrected chi connectivity index (χ3v) is 27.6. The summed E-state index contributed by atoms with van der Waals surface area (Å²) in [5.74, 6) is -0.898. The van der Waals surface area contributed by atoms with Crippen LogP contribution in [-0.2, 0) is 133 Å². The van der Waals surface area contributed by atoms with Crippen LogP contribution < -0.4 is 67.7 Å². The highest BCUT2D eigenvalue weighted by molar-refractivity contribution is 9.10. The highest BCUT2D eigenvalue weighted by Gasteiger charge is 2.54. The standard InChI is InChI=1S/C63H92BrN17O30P4S5/c1-31(2)33-20-45(77-11-6-42(66)71-60(77)87)103-38(33)26-101-114(118,98-19-18-97-17-16-96-15-10-69-44(83)8-13-95-14-9-65)108-35-21-46(79-23-32(3)54(84)75-62(79)89)104-40(35)28-102-115(119,120)109-36-22-47(81-30-70-48-53(81)73-59(68)74-56(48)86)105-39(36)27-99-112(91,116)111-50-41(107-57(52(50)94-5)78-12-7-43(67)72-61(78)88)29-100-113(92,117)110-49-37(25-82)106-58(51(49)93-4)80-24-34(64)55(85)76-63(80)90/h6-7,11-12,23-24,30-31,33,35-41,45-47,49-52,57-58,82H,8-10,13-22,25-29,65H2,1-5H3,(H,69,83)(H,91,116)(H,92,117)(H,119,120)(H2,66,71,87)(H2,67,72,88)(H,75,84,89)(H,76,85,90)(H3,68,73,74,86)/t33-,35+,36+,37+,38+,39+,40+,41+,45+,46+,47+,49-,50-,51?,52?,57+,58+,112?,113?,114?/m0/s1. The first-order chi connectivity index (χ1) is 57.0. The van der Waals surface area contributed by atoms with Crippen molar-refractivity contribution in [2.24, 2.45) is 17.6 Å². The van der Waals surface area contributed by atoms with Crippen molar-refractivity contribution in [1.29, 1.82) is 0 Å². The number of rotatable bonds is 44. The Morgan fingerprint density at radius 3 is 1.86 bits per heavy atom. The third kappa shape index (κ3) is 24.5. The number of imidazole rings is 1. The van der Waals surface area contributed by atoms with Crippen molar-refractivity contribution in [2.75, 3.05) is 124 Å². The lowest BCUT2D eigenvalue weighted by Gasteiger charge is -2.30. The number of thiol groups is 2. The van der Waals surface area contributed by atoms with Gasteiger partial charge in [0, 0.05) is 76.9 Å². The molecule has 1 amide bonds. The van der Waals surface area contributed by atoms with Gasteiger partial charge in [0.25, 0.3) is 16.7 Å². The summed E-state index contributed by atoms with van der Waals surface area (Å²) in [7, 11) is 2.41. The number of methoxy groups -OCH3 is 2. The molecule has 5 fully saturated rings. The number of anilines is 3. The molecule has 5 aliphatic heterocycles. The quantitative estimate of drug-likeness (QED) is 0.0139. The molecule has 0 radical (unpaired) electrons. The zero-order chi connectivity index (χ0) is 86.7. The lowest BCUT2D eigenvalue weighted by molar-refractivity contribution is -0.122. The van der Waals surface area contributed by atoms with Crippen LogP contribution in [-0.4, -0.2) is 247 Å². The number of carbonyl (C=O) groups is 1. The van der Waals surface area contributed by atoms with Gasteiger partial charge in [0.2, 0.25) is 17.5 Å². The molecule has 0 saturated carbocycles. The lowest BCUT2D eigenvalue weighted by atomic mass is 9.89. The lowest BCUT2D eigenvalue weighted by Crippen LogP contribution is -2.40. The van der Waals surface area contributed by atoms with E-state index in [4.69, 9.17) is 159 Å². The fourth-order valence-corrected chi connectivity index (χ4v) is 21.0. The summed E-state index contributed by atoms with van der Waals surface area (Å²) < 4.78 is 137. The molecule has 14 N–H and O–H groups in total. The van der Waals surface area contributed by atoms with E-state index < -0.39 is 190 Å². The van der Waals surface area contributed by atoms with Crippen molar-refractivity contribution < 1.29 is 107 Å². The summed E-state index contributed by atoms with van der Waals surface area (Å²) in [4.78, 5) is 139. The number of aromatic nitrogens is 12. The zero-order valence-electron chi connectivity index (χ0n) is 64.6. The van der Waals surface area contributed by atoms with Crippen LogP contribution in [0.4, 0.5) is 17.6 Å². The monoisotopic (exact) mass is 1930 g/mol. The number of carbonyl (C=O) groups excluding carboxylic acids is 1. The van der Waals surface area contributed by atoms with Crippen molar-refractivity contribution in [3.8, 4) is 0 Å². The fourth-order valence-electron chi connectivity index (χ4n) is 13.6. The molecular formula is C63H92BrN17O30P4S5. The highest BCUT2D eigenvalue weighted by Crippen LogP contribution is 2.61. The molecule has 0 aliphatic carbocycles. The van der Waals surface area contributed by atoms with E-state index in [1.54, 1.807) is 0 Å². The van der Waals surface area contributed by atoms with E-state index in [1.165, 1.54) is 67.3 Å². The summed E-state index contributed by atoms with van der Waals surface area (Å²) in [6, 6.07) is 2.74. The van der Waals surface area contributed by atoms with E-state index in [1.807, 2.05) is 13.8 Å². The van der Waals surface area contributed by atoms with Crippen LogP contribution in [0.2, 0.25) is 0 Å². The second-order valence-electron chi connectivity index (χ2n) is 27.7.